The van der Waals surface area contributed by atoms with Crippen molar-refractivity contribution in [3.63, 3.8) is 0 Å². The largest absolute Gasteiger partial charge is 0.493 e. The predicted molar refractivity (Wildman–Crippen MR) is 118 cm³/mol. The predicted octanol–water partition coefficient (Wildman–Crippen LogP) is 0.895. The van der Waals surface area contributed by atoms with E-state index in [2.05, 4.69) is 15.7 Å². The van der Waals surface area contributed by atoms with Gasteiger partial charge in [-0.05, 0) is 18.2 Å². The molecule has 168 valence electrons. The minimum Gasteiger partial charge on any atom is -0.493 e. The topological polar surface area (TPSA) is 121 Å². The van der Waals surface area contributed by atoms with Gasteiger partial charge in [-0.15, -0.1) is 0 Å². The first kappa shape index (κ1) is 22.8. The molecular formula is C22H24N4O6. The zero-order chi connectivity index (χ0) is 23.1. The molecule has 0 spiro atoms. The Bertz CT molecular complexity index is 1190. The SMILES string of the molecule is COCCNC(=O)CNC(=O)c1nn(-c2ccc(OC)c(OC)c2)c(=O)c2ccccc12. The highest BCUT2D eigenvalue weighted by Crippen LogP contribution is 2.28. The van der Waals surface area contributed by atoms with Crippen LogP contribution in [0.4, 0.5) is 0 Å². The van der Waals surface area contributed by atoms with E-state index in [1.165, 1.54) is 21.3 Å². The summed E-state index contributed by atoms with van der Waals surface area (Å²) >= 11 is 0. The van der Waals surface area contributed by atoms with Crippen molar-refractivity contribution in [3.8, 4) is 17.2 Å². The first-order chi connectivity index (χ1) is 15.5. The molecule has 0 saturated heterocycles. The fourth-order valence-corrected chi connectivity index (χ4v) is 3.09. The summed E-state index contributed by atoms with van der Waals surface area (Å²) in [6.45, 7) is 0.451. The Hall–Kier alpha value is -3.92. The number of fused-ring (bicyclic) bond motifs is 1. The first-order valence-electron chi connectivity index (χ1n) is 9.78. The lowest BCUT2D eigenvalue weighted by atomic mass is 10.1. The summed E-state index contributed by atoms with van der Waals surface area (Å²) in [6, 6.07) is 11.5. The number of hydrogen-bond acceptors (Lipinski definition) is 7. The van der Waals surface area contributed by atoms with Gasteiger partial charge in [-0.2, -0.15) is 9.78 Å². The summed E-state index contributed by atoms with van der Waals surface area (Å²) in [5.74, 6) is -0.0571. The van der Waals surface area contributed by atoms with Crippen LogP contribution in [0.1, 0.15) is 10.5 Å². The van der Waals surface area contributed by atoms with Gasteiger partial charge in [0.1, 0.15) is 0 Å². The quantitative estimate of drug-likeness (QED) is 0.474. The standard InChI is InChI=1S/C22H24N4O6/c1-30-11-10-23-19(27)13-24-21(28)20-15-6-4-5-7-16(15)22(29)26(25-20)14-8-9-17(31-2)18(12-14)32-3/h4-9,12H,10-11,13H2,1-3H3,(H,23,27)(H,24,28). The van der Waals surface area contributed by atoms with Crippen LogP contribution >= 0.6 is 0 Å². The van der Waals surface area contributed by atoms with Gasteiger partial charge in [0, 0.05) is 25.1 Å². The Morgan fingerprint density at radius 2 is 1.69 bits per heavy atom. The van der Waals surface area contributed by atoms with Crippen molar-refractivity contribution in [1.29, 1.82) is 0 Å². The fourth-order valence-electron chi connectivity index (χ4n) is 3.09. The van der Waals surface area contributed by atoms with Crippen molar-refractivity contribution < 1.29 is 23.8 Å². The number of benzene rings is 2. The van der Waals surface area contributed by atoms with E-state index < -0.39 is 11.5 Å². The number of methoxy groups -OCH3 is 3. The minimum atomic E-state index is -0.586. The number of rotatable bonds is 9. The Kier molecular flexibility index (Phi) is 7.40. The van der Waals surface area contributed by atoms with E-state index in [9.17, 15) is 14.4 Å². The molecule has 2 amide bonds. The maximum absolute atomic E-state index is 13.1. The van der Waals surface area contributed by atoms with Gasteiger partial charge in [0.05, 0.1) is 38.4 Å². The maximum atomic E-state index is 13.1. The van der Waals surface area contributed by atoms with Gasteiger partial charge in [-0.25, -0.2) is 0 Å². The summed E-state index contributed by atoms with van der Waals surface area (Å²) in [5, 5.41) is 10.2. The smallest absolute Gasteiger partial charge is 0.279 e. The van der Waals surface area contributed by atoms with E-state index in [0.29, 0.717) is 41.1 Å². The molecule has 2 N–H and O–H groups in total. The Labute approximate surface area is 184 Å². The van der Waals surface area contributed by atoms with Crippen molar-refractivity contribution >= 4 is 22.6 Å². The molecule has 0 aliphatic heterocycles. The van der Waals surface area contributed by atoms with Crippen LogP contribution in [-0.4, -0.2) is 62.6 Å². The molecule has 32 heavy (non-hydrogen) atoms. The number of amides is 2. The van der Waals surface area contributed by atoms with E-state index in [1.54, 1.807) is 42.5 Å². The molecule has 10 nitrogen and oxygen atoms in total. The van der Waals surface area contributed by atoms with Crippen molar-refractivity contribution in [1.82, 2.24) is 20.4 Å². The van der Waals surface area contributed by atoms with Gasteiger partial charge in [0.2, 0.25) is 5.91 Å². The highest BCUT2D eigenvalue weighted by Gasteiger charge is 2.19. The second-order valence-electron chi connectivity index (χ2n) is 6.68. The zero-order valence-corrected chi connectivity index (χ0v) is 18.0. The van der Waals surface area contributed by atoms with Crippen LogP contribution in [0.25, 0.3) is 16.5 Å². The summed E-state index contributed by atoms with van der Waals surface area (Å²) in [5.41, 5.74) is 0.00566. The van der Waals surface area contributed by atoms with Gasteiger partial charge in [-0.1, -0.05) is 18.2 Å². The number of nitrogens with zero attached hydrogens (tertiary/aromatic N) is 2. The summed E-state index contributed by atoms with van der Waals surface area (Å²) in [6.07, 6.45) is 0. The third-order valence-electron chi connectivity index (χ3n) is 4.67. The normalized spacial score (nSPS) is 10.6. The molecule has 1 aromatic heterocycles. The van der Waals surface area contributed by atoms with E-state index in [-0.39, 0.29) is 18.1 Å². The van der Waals surface area contributed by atoms with Crippen LogP contribution in [0, 0.1) is 0 Å². The Balaban J connectivity index is 1.99. The number of nitrogens with one attached hydrogen (secondary N) is 2. The summed E-state index contributed by atoms with van der Waals surface area (Å²) in [7, 11) is 4.51. The molecule has 10 heteroatoms. The van der Waals surface area contributed by atoms with Gasteiger partial charge in [0.15, 0.2) is 17.2 Å². The zero-order valence-electron chi connectivity index (χ0n) is 18.0. The third-order valence-corrected chi connectivity index (χ3v) is 4.67. The second kappa shape index (κ2) is 10.4. The number of aromatic nitrogens is 2. The van der Waals surface area contributed by atoms with Gasteiger partial charge in [0.25, 0.3) is 11.5 Å². The average molecular weight is 440 g/mol. The van der Waals surface area contributed by atoms with E-state index in [4.69, 9.17) is 14.2 Å². The number of carbonyl (C=O) groups is 2. The van der Waals surface area contributed by atoms with E-state index in [1.807, 2.05) is 0 Å². The maximum Gasteiger partial charge on any atom is 0.279 e. The van der Waals surface area contributed by atoms with Gasteiger partial charge >= 0.3 is 0 Å². The lowest BCUT2D eigenvalue weighted by Crippen LogP contribution is -2.39. The van der Waals surface area contributed by atoms with Crippen molar-refractivity contribution in [2.45, 2.75) is 0 Å². The molecule has 0 unspecified atom stereocenters. The van der Waals surface area contributed by atoms with Crippen LogP contribution in [0.5, 0.6) is 11.5 Å². The van der Waals surface area contributed by atoms with E-state index >= 15 is 0 Å². The van der Waals surface area contributed by atoms with Crippen LogP contribution in [0.15, 0.2) is 47.3 Å². The van der Waals surface area contributed by atoms with Crippen molar-refractivity contribution in [2.75, 3.05) is 41.0 Å². The van der Waals surface area contributed by atoms with Crippen LogP contribution < -0.4 is 25.7 Å². The molecule has 2 aromatic carbocycles. The molecule has 1 heterocycles. The Morgan fingerprint density at radius 3 is 2.38 bits per heavy atom. The molecular weight excluding hydrogens is 416 g/mol. The number of hydrogen-bond donors (Lipinski definition) is 2. The third kappa shape index (κ3) is 4.86. The monoisotopic (exact) mass is 440 g/mol. The van der Waals surface area contributed by atoms with Crippen LogP contribution in [0.2, 0.25) is 0 Å². The second-order valence-corrected chi connectivity index (χ2v) is 6.68. The molecule has 0 aliphatic rings. The number of carbonyl (C=O) groups excluding carboxylic acids is 2. The van der Waals surface area contributed by atoms with Crippen LogP contribution in [-0.2, 0) is 9.53 Å². The lowest BCUT2D eigenvalue weighted by Gasteiger charge is -2.13. The Morgan fingerprint density at radius 1 is 0.969 bits per heavy atom. The molecule has 0 saturated carbocycles. The van der Waals surface area contributed by atoms with Crippen LogP contribution in [0.3, 0.4) is 0 Å². The molecule has 0 atom stereocenters. The number of ether oxygens (including phenoxy) is 3. The van der Waals surface area contributed by atoms with E-state index in [0.717, 1.165) is 4.68 Å². The molecule has 0 bridgehead atoms. The van der Waals surface area contributed by atoms with Crippen molar-refractivity contribution in [3.05, 3.63) is 58.5 Å². The summed E-state index contributed by atoms with van der Waals surface area (Å²) in [4.78, 5) is 37.9. The minimum absolute atomic E-state index is 0.0136. The average Bonchev–Trinajstić information content (AvgIpc) is 2.82. The molecule has 0 fully saturated rings. The molecule has 3 aromatic rings. The molecule has 0 radical (unpaired) electrons. The first-order valence-corrected chi connectivity index (χ1v) is 9.78. The summed E-state index contributed by atoms with van der Waals surface area (Å²) < 4.78 is 16.5. The van der Waals surface area contributed by atoms with Crippen molar-refractivity contribution in [2.24, 2.45) is 0 Å². The molecule has 3 rings (SSSR count). The lowest BCUT2D eigenvalue weighted by molar-refractivity contribution is -0.120. The van der Waals surface area contributed by atoms with Gasteiger partial charge < -0.3 is 24.8 Å². The highest BCUT2D eigenvalue weighted by molar-refractivity contribution is 6.05. The fraction of sp³-hybridized carbons (Fsp3) is 0.273. The molecule has 0 aliphatic carbocycles. The van der Waals surface area contributed by atoms with Gasteiger partial charge in [-0.3, -0.25) is 14.4 Å². The highest BCUT2D eigenvalue weighted by atomic mass is 16.5.